The van der Waals surface area contributed by atoms with Gasteiger partial charge in [-0.15, -0.1) is 5.10 Å². The minimum absolute atomic E-state index is 0.105. The van der Waals surface area contributed by atoms with E-state index in [0.29, 0.717) is 12.4 Å². The second-order valence-corrected chi connectivity index (χ2v) is 7.66. The van der Waals surface area contributed by atoms with Gasteiger partial charge in [-0.3, -0.25) is 15.3 Å². The number of anilines is 3. The van der Waals surface area contributed by atoms with Crippen LogP contribution >= 0.6 is 0 Å². The van der Waals surface area contributed by atoms with E-state index >= 15 is 0 Å². The molecule has 2 aromatic carbocycles. The lowest BCUT2D eigenvalue weighted by atomic mass is 10.2. The average molecular weight is 435 g/mol. The number of benzene rings is 2. The summed E-state index contributed by atoms with van der Waals surface area (Å²) in [6, 6.07) is 16.0. The molecule has 1 aromatic heterocycles. The van der Waals surface area contributed by atoms with Crippen LogP contribution in [0, 0.1) is 0 Å². The third kappa shape index (κ3) is 5.34. The summed E-state index contributed by atoms with van der Waals surface area (Å²) < 4.78 is 11.2. The molecule has 3 heterocycles. The molecule has 0 amide bonds. The van der Waals surface area contributed by atoms with Crippen molar-refractivity contribution in [2.45, 2.75) is 12.8 Å². The van der Waals surface area contributed by atoms with Crippen LogP contribution in [0.2, 0.25) is 0 Å². The highest BCUT2D eigenvalue weighted by Crippen LogP contribution is 2.19. The first kappa shape index (κ1) is 20.3. The topological polar surface area (TPSA) is 101 Å². The molecule has 3 aromatic rings. The summed E-state index contributed by atoms with van der Waals surface area (Å²) in [6.07, 6.45) is 3.36. The lowest BCUT2D eigenvalue weighted by Crippen LogP contribution is -2.35. The molecule has 3 N–H and O–H groups in total. The molecule has 1 fully saturated rings. The number of nitrogens with zero attached hydrogens (tertiary/aromatic N) is 5. The van der Waals surface area contributed by atoms with Crippen molar-refractivity contribution in [2.75, 3.05) is 43.6 Å². The first-order chi connectivity index (χ1) is 15.8. The zero-order chi connectivity index (χ0) is 21.6. The Hall–Kier alpha value is -3.63. The summed E-state index contributed by atoms with van der Waals surface area (Å²) in [7, 11) is 0. The molecule has 0 bridgehead atoms. The van der Waals surface area contributed by atoms with E-state index < -0.39 is 0 Å². The Balaban J connectivity index is 1.12. The van der Waals surface area contributed by atoms with Gasteiger partial charge in [-0.25, -0.2) is 0 Å². The lowest BCUT2D eigenvalue weighted by Gasteiger charge is -2.26. The summed E-state index contributed by atoms with van der Waals surface area (Å²) in [5, 5.41) is 14.6. The average Bonchev–Trinajstić information content (AvgIpc) is 3.49. The highest BCUT2D eigenvalue weighted by molar-refractivity contribution is 5.57. The van der Waals surface area contributed by atoms with Gasteiger partial charge in [0.25, 0.3) is 0 Å². The SMILES string of the molecule is C1=NCC(Oc2ccc(Nn3cc(Nc4ccc(CN5CCOCC5)cc4)nn3)cc2)N1. The Labute approximate surface area is 186 Å². The molecule has 2 aliphatic heterocycles. The van der Waals surface area contributed by atoms with Gasteiger partial charge in [0.05, 0.1) is 38.0 Å². The van der Waals surface area contributed by atoms with Gasteiger partial charge in [-0.2, -0.15) is 4.79 Å². The van der Waals surface area contributed by atoms with Crippen molar-refractivity contribution < 1.29 is 9.47 Å². The maximum absolute atomic E-state index is 5.78. The molecule has 0 radical (unpaired) electrons. The second-order valence-electron chi connectivity index (χ2n) is 7.66. The van der Waals surface area contributed by atoms with E-state index in [1.807, 2.05) is 24.3 Å². The zero-order valence-corrected chi connectivity index (χ0v) is 17.6. The Morgan fingerprint density at radius 2 is 1.81 bits per heavy atom. The smallest absolute Gasteiger partial charge is 0.190 e. The van der Waals surface area contributed by atoms with Crippen LogP contribution in [0.5, 0.6) is 5.75 Å². The fourth-order valence-corrected chi connectivity index (χ4v) is 3.55. The van der Waals surface area contributed by atoms with Crippen LogP contribution in [0.15, 0.2) is 59.7 Å². The van der Waals surface area contributed by atoms with E-state index in [1.165, 1.54) is 5.56 Å². The predicted octanol–water partition coefficient (Wildman–Crippen LogP) is 2.07. The molecular weight excluding hydrogens is 408 g/mol. The second kappa shape index (κ2) is 9.67. The molecule has 10 nitrogen and oxygen atoms in total. The fraction of sp³-hybridized carbons (Fsp3) is 0.318. The summed E-state index contributed by atoms with van der Waals surface area (Å²) in [6.45, 7) is 5.16. The number of nitrogens with one attached hydrogen (secondary N) is 3. The summed E-state index contributed by atoms with van der Waals surface area (Å²) in [4.78, 5) is 8.06. The zero-order valence-electron chi connectivity index (χ0n) is 17.6. The molecule has 1 atom stereocenters. The molecule has 2 aliphatic rings. The predicted molar refractivity (Wildman–Crippen MR) is 122 cm³/mol. The normalized spacial score (nSPS) is 18.3. The van der Waals surface area contributed by atoms with Crippen molar-refractivity contribution in [1.29, 1.82) is 0 Å². The van der Waals surface area contributed by atoms with Gasteiger partial charge in [-0.1, -0.05) is 12.1 Å². The fourth-order valence-electron chi connectivity index (χ4n) is 3.55. The van der Waals surface area contributed by atoms with Crippen molar-refractivity contribution in [3.63, 3.8) is 0 Å². The number of aliphatic imine (C=N–C) groups is 1. The Bertz CT molecular complexity index is 1020. The van der Waals surface area contributed by atoms with Crippen LogP contribution in [-0.2, 0) is 11.3 Å². The van der Waals surface area contributed by atoms with Gasteiger partial charge < -0.3 is 20.1 Å². The van der Waals surface area contributed by atoms with Crippen LogP contribution in [0.1, 0.15) is 5.56 Å². The van der Waals surface area contributed by atoms with Gasteiger partial charge >= 0.3 is 0 Å². The molecule has 0 aliphatic carbocycles. The molecule has 5 rings (SSSR count). The minimum Gasteiger partial charge on any atom is -0.469 e. The van der Waals surface area contributed by atoms with E-state index in [0.717, 1.165) is 50.0 Å². The first-order valence-corrected chi connectivity index (χ1v) is 10.7. The van der Waals surface area contributed by atoms with Crippen molar-refractivity contribution in [2.24, 2.45) is 4.99 Å². The number of morpholine rings is 1. The van der Waals surface area contributed by atoms with E-state index in [4.69, 9.17) is 9.47 Å². The number of aromatic nitrogens is 3. The molecule has 0 saturated carbocycles. The number of hydrogen-bond acceptors (Lipinski definition) is 9. The quantitative estimate of drug-likeness (QED) is 0.495. The maximum Gasteiger partial charge on any atom is 0.190 e. The third-order valence-corrected chi connectivity index (χ3v) is 5.23. The van der Waals surface area contributed by atoms with Gasteiger partial charge in [0, 0.05) is 25.3 Å². The van der Waals surface area contributed by atoms with E-state index in [9.17, 15) is 0 Å². The largest absolute Gasteiger partial charge is 0.469 e. The Morgan fingerprint density at radius 3 is 2.56 bits per heavy atom. The van der Waals surface area contributed by atoms with Crippen LogP contribution in [0.3, 0.4) is 0 Å². The molecular formula is C22H26N8O2. The maximum atomic E-state index is 5.78. The van der Waals surface area contributed by atoms with Crippen LogP contribution in [0.25, 0.3) is 0 Å². The molecule has 32 heavy (non-hydrogen) atoms. The van der Waals surface area contributed by atoms with Crippen LogP contribution in [0.4, 0.5) is 17.2 Å². The van der Waals surface area contributed by atoms with Gasteiger partial charge in [-0.05, 0) is 47.2 Å². The van der Waals surface area contributed by atoms with Crippen LogP contribution < -0.4 is 20.8 Å². The van der Waals surface area contributed by atoms with Gasteiger partial charge in [0.2, 0.25) is 0 Å². The van der Waals surface area contributed by atoms with Crippen molar-refractivity contribution >= 4 is 23.5 Å². The summed E-state index contributed by atoms with van der Waals surface area (Å²) >= 11 is 0. The minimum atomic E-state index is -0.105. The summed E-state index contributed by atoms with van der Waals surface area (Å²) in [5.74, 6) is 1.43. The Kier molecular flexibility index (Phi) is 6.13. The van der Waals surface area contributed by atoms with E-state index in [-0.39, 0.29) is 6.23 Å². The molecule has 166 valence electrons. The monoisotopic (exact) mass is 434 g/mol. The van der Waals surface area contributed by atoms with E-state index in [1.54, 1.807) is 17.3 Å². The highest BCUT2D eigenvalue weighted by Gasteiger charge is 2.12. The van der Waals surface area contributed by atoms with Gasteiger partial charge in [0.1, 0.15) is 5.75 Å². The lowest BCUT2D eigenvalue weighted by molar-refractivity contribution is 0.0342. The standard InChI is InChI=1S/C22H26N8O2/c1-3-18(4-2-17(1)14-29-9-11-31-12-10-29)25-21-15-30(28-26-21)27-19-5-7-20(8-6-19)32-22-13-23-16-24-22/h1-8,15-16,22,25,27H,9-14H2,(H,23,24). The molecule has 1 unspecified atom stereocenters. The van der Waals surface area contributed by atoms with Crippen molar-refractivity contribution in [1.82, 2.24) is 25.3 Å². The first-order valence-electron chi connectivity index (χ1n) is 10.7. The molecule has 10 heteroatoms. The molecule has 1 saturated heterocycles. The number of rotatable bonds is 8. The Morgan fingerprint density at radius 1 is 1.03 bits per heavy atom. The number of hydrogen-bond donors (Lipinski definition) is 3. The van der Waals surface area contributed by atoms with E-state index in [2.05, 4.69) is 60.5 Å². The summed E-state index contributed by atoms with van der Waals surface area (Å²) in [5.41, 5.74) is 6.30. The van der Waals surface area contributed by atoms with Crippen molar-refractivity contribution in [3.05, 3.63) is 60.3 Å². The van der Waals surface area contributed by atoms with Crippen molar-refractivity contribution in [3.8, 4) is 5.75 Å². The number of ether oxygens (including phenoxy) is 2. The highest BCUT2D eigenvalue weighted by atomic mass is 16.5. The molecule has 0 spiro atoms. The van der Waals surface area contributed by atoms with Gasteiger partial charge in [0.15, 0.2) is 12.0 Å². The third-order valence-electron chi connectivity index (χ3n) is 5.23. The van der Waals surface area contributed by atoms with Crippen LogP contribution in [-0.4, -0.2) is 65.4 Å².